The first-order valence-electron chi connectivity index (χ1n) is 7.37. The van der Waals surface area contributed by atoms with Gasteiger partial charge in [-0.2, -0.15) is 0 Å². The van der Waals surface area contributed by atoms with Crippen molar-refractivity contribution in [3.8, 4) is 5.75 Å². The van der Waals surface area contributed by atoms with Gasteiger partial charge in [-0.3, -0.25) is 0 Å². The zero-order chi connectivity index (χ0) is 14.5. The van der Waals surface area contributed by atoms with E-state index in [0.29, 0.717) is 5.92 Å². The second-order valence-electron chi connectivity index (χ2n) is 5.74. The molecule has 2 nitrogen and oxygen atoms in total. The number of hydrogen-bond acceptors (Lipinski definition) is 2. The fraction of sp³-hybridized carbons (Fsp3) is 0.444. The number of aliphatic hydroxyl groups is 1. The molecule has 1 N–H and O–H groups in total. The molecule has 2 aromatic rings. The van der Waals surface area contributed by atoms with E-state index in [1.54, 1.807) is 7.11 Å². The van der Waals surface area contributed by atoms with Gasteiger partial charge in [-0.25, -0.2) is 0 Å². The van der Waals surface area contributed by atoms with Crippen LogP contribution in [-0.2, 0) is 0 Å². The number of rotatable bonds is 6. The Bertz CT molecular complexity index is 560. The molecule has 0 spiro atoms. The maximum atomic E-state index is 10.6. The van der Waals surface area contributed by atoms with Crippen LogP contribution in [0.4, 0.5) is 0 Å². The molecule has 0 fully saturated rings. The quantitative estimate of drug-likeness (QED) is 0.825. The minimum Gasteiger partial charge on any atom is -0.496 e. The molecular weight excluding hydrogens is 248 g/mol. The summed E-state index contributed by atoms with van der Waals surface area (Å²) < 4.78 is 5.44. The smallest absolute Gasteiger partial charge is 0.125 e. The summed E-state index contributed by atoms with van der Waals surface area (Å²) in [7, 11) is 1.66. The lowest BCUT2D eigenvalue weighted by molar-refractivity contribution is 0.159. The molecule has 0 aliphatic heterocycles. The minimum absolute atomic E-state index is 0.463. The fourth-order valence-electron chi connectivity index (χ4n) is 2.66. The van der Waals surface area contributed by atoms with Crippen molar-refractivity contribution < 1.29 is 9.84 Å². The number of hydrogen-bond donors (Lipinski definition) is 1. The molecule has 0 aliphatic rings. The van der Waals surface area contributed by atoms with Gasteiger partial charge in [0.2, 0.25) is 0 Å². The summed E-state index contributed by atoms with van der Waals surface area (Å²) >= 11 is 0. The first-order valence-corrected chi connectivity index (χ1v) is 7.37. The third-order valence-electron chi connectivity index (χ3n) is 3.74. The van der Waals surface area contributed by atoms with E-state index in [1.165, 1.54) is 0 Å². The Morgan fingerprint density at radius 2 is 1.80 bits per heavy atom. The maximum absolute atomic E-state index is 10.6. The van der Waals surface area contributed by atoms with Crippen LogP contribution in [0.1, 0.15) is 44.8 Å². The summed E-state index contributed by atoms with van der Waals surface area (Å²) in [5, 5.41) is 12.8. The lowest BCUT2D eigenvalue weighted by Gasteiger charge is -2.18. The molecule has 0 saturated carbocycles. The van der Waals surface area contributed by atoms with Crippen molar-refractivity contribution in [3.63, 3.8) is 0 Å². The Labute approximate surface area is 121 Å². The normalized spacial score (nSPS) is 12.8. The van der Waals surface area contributed by atoms with Crippen LogP contribution in [0.15, 0.2) is 36.4 Å². The van der Waals surface area contributed by atoms with E-state index in [-0.39, 0.29) is 0 Å². The molecule has 0 radical (unpaired) electrons. The van der Waals surface area contributed by atoms with Crippen LogP contribution in [0, 0.1) is 5.92 Å². The topological polar surface area (TPSA) is 29.5 Å². The summed E-state index contributed by atoms with van der Waals surface area (Å²) in [6.45, 7) is 4.43. The van der Waals surface area contributed by atoms with Crippen molar-refractivity contribution >= 4 is 10.8 Å². The Balaban J connectivity index is 2.30. The van der Waals surface area contributed by atoms with Crippen LogP contribution in [0.25, 0.3) is 10.8 Å². The highest BCUT2D eigenvalue weighted by atomic mass is 16.5. The molecule has 1 unspecified atom stereocenters. The van der Waals surface area contributed by atoms with Gasteiger partial charge in [0.05, 0.1) is 13.2 Å². The zero-order valence-corrected chi connectivity index (χ0v) is 12.6. The number of benzene rings is 2. The Morgan fingerprint density at radius 3 is 2.50 bits per heavy atom. The van der Waals surface area contributed by atoms with Gasteiger partial charge in [-0.05, 0) is 29.2 Å². The van der Waals surface area contributed by atoms with Gasteiger partial charge in [-0.1, -0.05) is 57.0 Å². The van der Waals surface area contributed by atoms with Crippen molar-refractivity contribution in [3.05, 3.63) is 42.0 Å². The molecule has 1 atom stereocenters. The van der Waals surface area contributed by atoms with E-state index < -0.39 is 6.10 Å². The molecule has 108 valence electrons. The van der Waals surface area contributed by atoms with Crippen molar-refractivity contribution in [2.75, 3.05) is 7.11 Å². The maximum Gasteiger partial charge on any atom is 0.125 e. The number of aliphatic hydroxyl groups excluding tert-OH is 1. The molecule has 0 aliphatic carbocycles. The van der Waals surface area contributed by atoms with Gasteiger partial charge >= 0.3 is 0 Å². The molecule has 0 bridgehead atoms. The van der Waals surface area contributed by atoms with Crippen LogP contribution in [-0.4, -0.2) is 12.2 Å². The number of ether oxygens (including phenoxy) is 1. The van der Waals surface area contributed by atoms with E-state index in [9.17, 15) is 5.11 Å². The Kier molecular flexibility index (Phi) is 5.02. The van der Waals surface area contributed by atoms with Crippen LogP contribution in [0.2, 0.25) is 0 Å². The van der Waals surface area contributed by atoms with Crippen molar-refractivity contribution in [2.24, 2.45) is 5.92 Å². The Morgan fingerprint density at radius 1 is 1.05 bits per heavy atom. The summed E-state index contributed by atoms with van der Waals surface area (Å²) in [6, 6.07) is 12.1. The predicted octanol–water partition coefficient (Wildman–Crippen LogP) is 4.71. The molecule has 20 heavy (non-hydrogen) atoms. The van der Waals surface area contributed by atoms with Gasteiger partial charge in [0.25, 0.3) is 0 Å². The zero-order valence-electron chi connectivity index (χ0n) is 12.6. The lowest BCUT2D eigenvalue weighted by atomic mass is 9.95. The first kappa shape index (κ1) is 14.9. The van der Waals surface area contributed by atoms with Crippen molar-refractivity contribution in [1.29, 1.82) is 0 Å². The van der Waals surface area contributed by atoms with Crippen LogP contribution >= 0.6 is 0 Å². The molecule has 2 aromatic carbocycles. The third kappa shape index (κ3) is 3.31. The average molecular weight is 272 g/mol. The first-order chi connectivity index (χ1) is 9.63. The van der Waals surface area contributed by atoms with Gasteiger partial charge in [0.15, 0.2) is 0 Å². The number of fused-ring (bicyclic) bond motifs is 1. The predicted molar refractivity (Wildman–Crippen MR) is 84.1 cm³/mol. The molecule has 0 aromatic heterocycles. The molecule has 0 amide bonds. The molecule has 2 rings (SSSR count). The van der Waals surface area contributed by atoms with Crippen LogP contribution in [0.5, 0.6) is 5.75 Å². The third-order valence-corrected chi connectivity index (χ3v) is 3.74. The van der Waals surface area contributed by atoms with Gasteiger partial charge in [0.1, 0.15) is 5.75 Å². The van der Waals surface area contributed by atoms with Crippen LogP contribution in [0.3, 0.4) is 0 Å². The van der Waals surface area contributed by atoms with Gasteiger partial charge in [-0.15, -0.1) is 0 Å². The minimum atomic E-state index is -0.463. The molecule has 0 heterocycles. The van der Waals surface area contributed by atoms with E-state index in [0.717, 1.165) is 41.3 Å². The summed E-state index contributed by atoms with van der Waals surface area (Å²) in [6.07, 6.45) is 2.49. The molecule has 2 heteroatoms. The fourth-order valence-corrected chi connectivity index (χ4v) is 2.66. The average Bonchev–Trinajstić information content (AvgIpc) is 2.45. The van der Waals surface area contributed by atoms with E-state index in [4.69, 9.17) is 4.74 Å². The van der Waals surface area contributed by atoms with Crippen molar-refractivity contribution in [2.45, 2.75) is 39.2 Å². The second-order valence-corrected chi connectivity index (χ2v) is 5.74. The lowest BCUT2D eigenvalue weighted by Crippen LogP contribution is -2.02. The number of methoxy groups -OCH3 is 1. The summed E-state index contributed by atoms with van der Waals surface area (Å²) in [5.74, 6) is 1.46. The highest BCUT2D eigenvalue weighted by Gasteiger charge is 2.16. The highest BCUT2D eigenvalue weighted by Crippen LogP contribution is 2.35. The summed E-state index contributed by atoms with van der Waals surface area (Å²) in [4.78, 5) is 0. The van der Waals surface area contributed by atoms with Crippen LogP contribution < -0.4 is 4.74 Å². The molecular formula is C18H24O2. The standard InChI is InChI=1S/C18H24O2/c1-13(2)7-6-10-16(19)18-15-9-5-4-8-14(15)11-12-17(18)20-3/h4-5,8-9,11-13,16,19H,6-7,10H2,1-3H3. The van der Waals surface area contributed by atoms with E-state index in [1.807, 2.05) is 24.3 Å². The summed E-state index contributed by atoms with van der Waals surface area (Å²) in [5.41, 5.74) is 0.925. The Hall–Kier alpha value is -1.54. The van der Waals surface area contributed by atoms with E-state index >= 15 is 0 Å². The van der Waals surface area contributed by atoms with E-state index in [2.05, 4.69) is 26.0 Å². The second kappa shape index (κ2) is 6.76. The van der Waals surface area contributed by atoms with Crippen molar-refractivity contribution in [1.82, 2.24) is 0 Å². The van der Waals surface area contributed by atoms with Gasteiger partial charge in [0, 0.05) is 5.56 Å². The largest absolute Gasteiger partial charge is 0.496 e. The SMILES string of the molecule is COc1ccc2ccccc2c1C(O)CCCC(C)C. The monoisotopic (exact) mass is 272 g/mol. The molecule has 0 saturated heterocycles. The highest BCUT2D eigenvalue weighted by molar-refractivity contribution is 5.88. The van der Waals surface area contributed by atoms with Gasteiger partial charge < -0.3 is 9.84 Å².